The van der Waals surface area contributed by atoms with E-state index in [0.29, 0.717) is 0 Å². The summed E-state index contributed by atoms with van der Waals surface area (Å²) in [5, 5.41) is 5.19. The Hall–Kier alpha value is -1.88. The molecule has 7 heteroatoms. The van der Waals surface area contributed by atoms with Crippen molar-refractivity contribution in [2.75, 3.05) is 20.3 Å². The van der Waals surface area contributed by atoms with Gasteiger partial charge in [-0.1, -0.05) is 43.5 Å². The van der Waals surface area contributed by atoms with Gasteiger partial charge in [0.15, 0.2) is 0 Å². The van der Waals surface area contributed by atoms with Crippen LogP contribution in [-0.2, 0) is 18.4 Å². The molecular weight excluding hydrogens is 425 g/mol. The Balaban J connectivity index is 1.84. The highest BCUT2D eigenvalue weighted by Crippen LogP contribution is 2.56. The first kappa shape index (κ1) is 24.8. The minimum atomic E-state index is -3.48. The Morgan fingerprint density at radius 1 is 1.03 bits per heavy atom. The van der Waals surface area contributed by atoms with Crippen molar-refractivity contribution in [3.8, 4) is 5.75 Å². The number of hydrogen-bond acceptors (Lipinski definition) is 5. The maximum absolute atomic E-state index is 13.7. The molecule has 0 aromatic heterocycles. The number of amides is 1. The maximum atomic E-state index is 13.7. The zero-order valence-electron chi connectivity index (χ0n) is 19.6. The van der Waals surface area contributed by atoms with Crippen LogP contribution >= 0.6 is 7.60 Å². The number of methoxy groups -OCH3 is 1. The van der Waals surface area contributed by atoms with Crippen LogP contribution in [-0.4, -0.2) is 32.0 Å². The molecule has 0 heterocycles. The third-order valence-electron chi connectivity index (χ3n) is 6.31. The lowest BCUT2D eigenvalue weighted by Gasteiger charge is -2.35. The molecule has 2 atom stereocenters. The SMILES string of the molecule is CCOP(=O)(OCC)[C@@H](NC(=O)[C@H](C)c1ccc2cc(OC)ccc2c1)C1CCCCC1. The van der Waals surface area contributed by atoms with Crippen LogP contribution in [0.15, 0.2) is 36.4 Å². The predicted molar refractivity (Wildman–Crippen MR) is 128 cm³/mol. The van der Waals surface area contributed by atoms with Gasteiger partial charge in [-0.15, -0.1) is 0 Å². The number of ether oxygens (including phenoxy) is 1. The molecule has 32 heavy (non-hydrogen) atoms. The highest BCUT2D eigenvalue weighted by molar-refractivity contribution is 7.54. The Morgan fingerprint density at radius 3 is 2.28 bits per heavy atom. The van der Waals surface area contributed by atoms with E-state index in [1.807, 2.05) is 43.3 Å². The second-order valence-corrected chi connectivity index (χ2v) is 10.6. The summed E-state index contributed by atoms with van der Waals surface area (Å²) in [5.41, 5.74) is 0.908. The zero-order chi connectivity index (χ0) is 23.1. The van der Waals surface area contributed by atoms with Crippen LogP contribution in [0.4, 0.5) is 0 Å². The largest absolute Gasteiger partial charge is 0.497 e. The van der Waals surface area contributed by atoms with Crippen molar-refractivity contribution in [2.24, 2.45) is 5.92 Å². The highest BCUT2D eigenvalue weighted by atomic mass is 31.2. The smallest absolute Gasteiger partial charge is 0.353 e. The van der Waals surface area contributed by atoms with Crippen LogP contribution in [0.25, 0.3) is 10.8 Å². The number of benzene rings is 2. The lowest BCUT2D eigenvalue weighted by molar-refractivity contribution is -0.123. The molecule has 1 N–H and O–H groups in total. The Kier molecular flexibility index (Phi) is 8.75. The summed E-state index contributed by atoms with van der Waals surface area (Å²) < 4.78 is 30.3. The fourth-order valence-corrected chi connectivity index (χ4v) is 6.74. The Morgan fingerprint density at radius 2 is 1.66 bits per heavy atom. The molecule has 0 unspecified atom stereocenters. The van der Waals surface area contributed by atoms with Crippen LogP contribution in [0.1, 0.15) is 64.4 Å². The van der Waals surface area contributed by atoms with Crippen LogP contribution in [0.3, 0.4) is 0 Å². The molecule has 0 bridgehead atoms. The summed E-state index contributed by atoms with van der Waals surface area (Å²) >= 11 is 0. The number of nitrogens with one attached hydrogen (secondary N) is 1. The monoisotopic (exact) mass is 461 g/mol. The normalized spacial score (nSPS) is 17.1. The summed E-state index contributed by atoms with van der Waals surface area (Å²) in [7, 11) is -1.83. The molecule has 0 spiro atoms. The van der Waals surface area contributed by atoms with E-state index >= 15 is 0 Å². The quantitative estimate of drug-likeness (QED) is 0.424. The number of rotatable bonds is 10. The number of fused-ring (bicyclic) bond motifs is 1. The summed E-state index contributed by atoms with van der Waals surface area (Å²) in [6.07, 6.45) is 5.14. The van der Waals surface area contributed by atoms with Gasteiger partial charge in [0.25, 0.3) is 0 Å². The molecule has 1 saturated carbocycles. The van der Waals surface area contributed by atoms with E-state index in [1.165, 1.54) is 6.42 Å². The standard InChI is InChI=1S/C25H36NO5P/c1-5-30-32(28,31-6-2)25(19-10-8-7-9-11-19)26-24(27)18(3)20-12-13-22-17-23(29-4)15-14-21(22)16-20/h12-19,25H,5-11H2,1-4H3,(H,26,27)/t18-,25-/m1/s1. The van der Waals surface area contributed by atoms with Crippen molar-refractivity contribution >= 4 is 24.3 Å². The average Bonchev–Trinajstić information content (AvgIpc) is 2.82. The molecule has 0 aliphatic heterocycles. The van der Waals surface area contributed by atoms with E-state index in [9.17, 15) is 9.36 Å². The van der Waals surface area contributed by atoms with Crippen molar-refractivity contribution in [1.82, 2.24) is 5.32 Å². The van der Waals surface area contributed by atoms with Gasteiger partial charge in [-0.3, -0.25) is 9.36 Å². The molecule has 2 aromatic carbocycles. The number of carbonyl (C=O) groups is 1. The van der Waals surface area contributed by atoms with Gasteiger partial charge < -0.3 is 19.1 Å². The van der Waals surface area contributed by atoms with Crippen molar-refractivity contribution in [3.63, 3.8) is 0 Å². The molecule has 0 radical (unpaired) electrons. The van der Waals surface area contributed by atoms with Crippen LogP contribution in [0.2, 0.25) is 0 Å². The fraction of sp³-hybridized carbons (Fsp3) is 0.560. The van der Waals surface area contributed by atoms with Gasteiger partial charge in [0.1, 0.15) is 11.5 Å². The van der Waals surface area contributed by atoms with E-state index in [4.69, 9.17) is 13.8 Å². The molecular formula is C25H36NO5P. The van der Waals surface area contributed by atoms with E-state index in [0.717, 1.165) is 47.8 Å². The van der Waals surface area contributed by atoms with Crippen LogP contribution in [0.5, 0.6) is 5.75 Å². The van der Waals surface area contributed by atoms with E-state index in [2.05, 4.69) is 5.32 Å². The van der Waals surface area contributed by atoms with Crippen molar-refractivity contribution in [1.29, 1.82) is 0 Å². The minimum Gasteiger partial charge on any atom is -0.497 e. The van der Waals surface area contributed by atoms with Gasteiger partial charge in [0.2, 0.25) is 5.91 Å². The summed E-state index contributed by atoms with van der Waals surface area (Å²) in [6.45, 7) is 6.04. The first-order valence-corrected chi connectivity index (χ1v) is 13.3. The van der Waals surface area contributed by atoms with Gasteiger partial charge in [-0.2, -0.15) is 0 Å². The lowest BCUT2D eigenvalue weighted by Crippen LogP contribution is -2.43. The summed E-state index contributed by atoms with van der Waals surface area (Å²) in [6, 6.07) is 11.9. The molecule has 176 valence electrons. The molecule has 6 nitrogen and oxygen atoms in total. The lowest BCUT2D eigenvalue weighted by atomic mass is 9.88. The number of hydrogen-bond donors (Lipinski definition) is 1. The van der Waals surface area contributed by atoms with E-state index in [1.54, 1.807) is 21.0 Å². The fourth-order valence-electron chi connectivity index (χ4n) is 4.52. The Labute approximate surface area is 191 Å². The molecule has 2 aromatic rings. The second kappa shape index (κ2) is 11.3. The molecule has 0 saturated heterocycles. The van der Waals surface area contributed by atoms with E-state index in [-0.39, 0.29) is 25.0 Å². The van der Waals surface area contributed by atoms with Crippen molar-refractivity contribution in [3.05, 3.63) is 42.0 Å². The summed E-state index contributed by atoms with van der Waals surface area (Å²) in [5.74, 6) is -0.290. The van der Waals surface area contributed by atoms with E-state index < -0.39 is 19.3 Å². The first-order chi connectivity index (χ1) is 15.4. The zero-order valence-corrected chi connectivity index (χ0v) is 20.5. The topological polar surface area (TPSA) is 73.9 Å². The third kappa shape index (κ3) is 5.72. The van der Waals surface area contributed by atoms with Gasteiger partial charge in [-0.25, -0.2) is 0 Å². The van der Waals surface area contributed by atoms with Crippen molar-refractivity contribution < 1.29 is 23.1 Å². The number of carbonyl (C=O) groups excluding carboxylic acids is 1. The van der Waals surface area contributed by atoms with Gasteiger partial charge >= 0.3 is 7.60 Å². The maximum Gasteiger partial charge on any atom is 0.353 e. The van der Waals surface area contributed by atoms with Gasteiger partial charge in [0, 0.05) is 0 Å². The highest BCUT2D eigenvalue weighted by Gasteiger charge is 2.43. The minimum absolute atomic E-state index is 0.0906. The van der Waals surface area contributed by atoms with Gasteiger partial charge in [-0.05, 0) is 68.0 Å². The van der Waals surface area contributed by atoms with Crippen LogP contribution < -0.4 is 10.1 Å². The molecule has 1 amide bonds. The first-order valence-electron chi connectivity index (χ1n) is 11.7. The molecule has 3 rings (SSSR count). The Bertz CT molecular complexity index is 946. The molecule has 1 aliphatic rings. The van der Waals surface area contributed by atoms with Crippen LogP contribution in [0, 0.1) is 5.92 Å². The van der Waals surface area contributed by atoms with Crippen molar-refractivity contribution in [2.45, 2.75) is 64.6 Å². The molecule has 1 fully saturated rings. The van der Waals surface area contributed by atoms with Gasteiger partial charge in [0.05, 0.1) is 26.2 Å². The average molecular weight is 462 g/mol. The third-order valence-corrected chi connectivity index (χ3v) is 8.78. The second-order valence-electron chi connectivity index (χ2n) is 8.42. The summed E-state index contributed by atoms with van der Waals surface area (Å²) in [4.78, 5) is 13.3. The molecule has 1 aliphatic carbocycles. The predicted octanol–water partition coefficient (Wildman–Crippen LogP) is 6.24.